The molecule has 0 saturated carbocycles. The second kappa shape index (κ2) is 12.2. The van der Waals surface area contributed by atoms with Gasteiger partial charge in [-0.2, -0.15) is 0 Å². The summed E-state index contributed by atoms with van der Waals surface area (Å²) in [5, 5.41) is 3.77. The van der Waals surface area contributed by atoms with Gasteiger partial charge in [-0.25, -0.2) is 0 Å². The number of hydrogen-bond acceptors (Lipinski definition) is 3. The summed E-state index contributed by atoms with van der Waals surface area (Å²) in [5.74, 6) is 0.537. The van der Waals surface area contributed by atoms with E-state index < -0.39 is 8.07 Å². The molecule has 1 radical (unpaired) electrons. The first-order chi connectivity index (χ1) is 18.3. The Morgan fingerprint density at radius 1 is 0.744 bits per heavy atom. The van der Waals surface area contributed by atoms with Crippen molar-refractivity contribution in [1.29, 1.82) is 0 Å². The molecule has 3 aromatic heterocycles. The fraction of sp³-hybridized carbons (Fsp3) is 0.176. The van der Waals surface area contributed by atoms with E-state index in [0.717, 1.165) is 39.1 Å². The Morgan fingerprint density at radius 3 is 2.23 bits per heavy atom. The van der Waals surface area contributed by atoms with Crippen LogP contribution in [0.25, 0.3) is 44.5 Å². The molecular weight excluding hydrogens is 673 g/mol. The molecule has 0 spiro atoms. The fourth-order valence-electron chi connectivity index (χ4n) is 4.42. The molecule has 5 heteroatoms. The first-order valence-electron chi connectivity index (χ1n) is 13.0. The van der Waals surface area contributed by atoms with Crippen molar-refractivity contribution in [3.05, 3.63) is 115 Å². The monoisotopic (exact) mass is 705 g/mol. The molecule has 0 aliphatic heterocycles. The number of pyridine rings is 2. The molecule has 3 nitrogen and oxygen atoms in total. The number of furan rings is 1. The first-order valence-corrected chi connectivity index (χ1v) is 16.5. The zero-order chi connectivity index (χ0) is 26.7. The van der Waals surface area contributed by atoms with Crippen LogP contribution in [-0.2, 0) is 20.1 Å². The third-order valence-corrected chi connectivity index (χ3v) is 8.70. The van der Waals surface area contributed by atoms with E-state index in [2.05, 4.69) is 92.0 Å². The van der Waals surface area contributed by atoms with Gasteiger partial charge in [0.1, 0.15) is 5.58 Å². The molecule has 0 aliphatic rings. The Morgan fingerprint density at radius 2 is 1.54 bits per heavy atom. The van der Waals surface area contributed by atoms with Crippen molar-refractivity contribution in [3.8, 4) is 22.5 Å². The molecular formula is C34H32IrN2OSi-2. The van der Waals surface area contributed by atoms with Crippen molar-refractivity contribution < 1.29 is 24.5 Å². The van der Waals surface area contributed by atoms with Gasteiger partial charge in [0.25, 0.3) is 0 Å². The topological polar surface area (TPSA) is 38.9 Å². The van der Waals surface area contributed by atoms with Crippen LogP contribution in [0.2, 0.25) is 19.6 Å². The summed E-state index contributed by atoms with van der Waals surface area (Å²) in [5.41, 5.74) is 6.99. The van der Waals surface area contributed by atoms with E-state index >= 15 is 0 Å². The molecule has 3 heterocycles. The van der Waals surface area contributed by atoms with Crippen molar-refractivity contribution in [2.24, 2.45) is 0 Å². The van der Waals surface area contributed by atoms with Crippen LogP contribution in [0.5, 0.6) is 0 Å². The average molecular weight is 705 g/mol. The van der Waals surface area contributed by atoms with Gasteiger partial charge in [-0.05, 0) is 35.5 Å². The second-order valence-electron chi connectivity index (χ2n) is 10.8. The van der Waals surface area contributed by atoms with E-state index in [1.54, 1.807) is 6.20 Å². The summed E-state index contributed by atoms with van der Waals surface area (Å²) >= 11 is 0. The standard InChI is InChI=1S/C20H18NOSi.C14H14N.Ir/c1-23(2,3)14-10-11-19-17(13-14)15-7-6-8-16(20(15)22-19)18-9-4-5-12-21-18;1-11(2)13-8-9-15-14(10-13)12-6-4-3-5-7-12;/h4-7,9-13H,1-3H3;3-6,8-11H,1-2H3;/q2*-1;. The van der Waals surface area contributed by atoms with Gasteiger partial charge in [-0.15, -0.1) is 54.1 Å². The number of nitrogens with zero attached hydrogens (tertiary/aromatic N) is 2. The zero-order valence-corrected chi connectivity index (χ0v) is 26.3. The van der Waals surface area contributed by atoms with Gasteiger partial charge in [0.05, 0.1) is 13.7 Å². The van der Waals surface area contributed by atoms with E-state index in [9.17, 15) is 0 Å². The van der Waals surface area contributed by atoms with E-state index in [1.807, 2.05) is 54.7 Å². The summed E-state index contributed by atoms with van der Waals surface area (Å²) in [6, 6.07) is 35.2. The van der Waals surface area contributed by atoms with Crippen LogP contribution in [0, 0.1) is 12.1 Å². The summed E-state index contributed by atoms with van der Waals surface area (Å²) in [7, 11) is -1.35. The zero-order valence-electron chi connectivity index (χ0n) is 23.0. The van der Waals surface area contributed by atoms with Crippen molar-refractivity contribution in [1.82, 2.24) is 9.97 Å². The minimum Gasteiger partial charge on any atom is -0.501 e. The van der Waals surface area contributed by atoms with Gasteiger partial charge < -0.3 is 14.4 Å². The molecule has 0 bridgehead atoms. The minimum atomic E-state index is -1.35. The van der Waals surface area contributed by atoms with Crippen molar-refractivity contribution in [2.45, 2.75) is 39.4 Å². The minimum absolute atomic E-state index is 0. The van der Waals surface area contributed by atoms with Gasteiger partial charge in [-0.1, -0.05) is 85.5 Å². The molecule has 0 atom stereocenters. The Balaban J connectivity index is 0.000000192. The number of fused-ring (bicyclic) bond motifs is 3. The van der Waals surface area contributed by atoms with Crippen LogP contribution < -0.4 is 5.19 Å². The van der Waals surface area contributed by atoms with E-state index in [-0.39, 0.29) is 20.1 Å². The van der Waals surface area contributed by atoms with E-state index in [1.165, 1.54) is 16.1 Å². The third kappa shape index (κ3) is 6.44. The smallest absolute Gasteiger partial charge is 0.120 e. The van der Waals surface area contributed by atoms with Crippen molar-refractivity contribution in [2.75, 3.05) is 0 Å². The summed E-state index contributed by atoms with van der Waals surface area (Å²) in [6.45, 7) is 11.5. The largest absolute Gasteiger partial charge is 0.501 e. The molecule has 0 saturated heterocycles. The summed E-state index contributed by atoms with van der Waals surface area (Å²) in [4.78, 5) is 8.80. The summed E-state index contributed by atoms with van der Waals surface area (Å²) in [6.07, 6.45) is 3.67. The van der Waals surface area contributed by atoms with Crippen molar-refractivity contribution >= 4 is 35.2 Å². The molecule has 39 heavy (non-hydrogen) atoms. The van der Waals surface area contributed by atoms with Crippen LogP contribution in [-0.4, -0.2) is 18.0 Å². The molecule has 0 aliphatic carbocycles. The van der Waals surface area contributed by atoms with E-state index in [0.29, 0.717) is 5.92 Å². The first kappa shape index (κ1) is 28.6. The molecule has 3 aromatic carbocycles. The summed E-state index contributed by atoms with van der Waals surface area (Å²) < 4.78 is 6.15. The predicted octanol–water partition coefficient (Wildman–Crippen LogP) is 8.66. The Labute approximate surface area is 245 Å². The maximum Gasteiger partial charge on any atom is 0.120 e. The van der Waals surface area contributed by atoms with Crippen LogP contribution in [0.1, 0.15) is 25.3 Å². The Hall–Kier alpha value is -3.37. The average Bonchev–Trinajstić information content (AvgIpc) is 3.32. The number of benzene rings is 3. The SMILES string of the molecule is CC(C)c1ccnc(-c2[c-]cccc2)c1.C[Si](C)(C)c1ccc2oc3c(-c4ccccn4)[c-]ccc3c2c1.[Ir]. The normalized spacial score (nSPS) is 11.2. The van der Waals surface area contributed by atoms with E-state index in [4.69, 9.17) is 4.42 Å². The quantitative estimate of drug-likeness (QED) is 0.136. The fourth-order valence-corrected chi connectivity index (χ4v) is 5.58. The van der Waals surface area contributed by atoms with Crippen LogP contribution in [0.4, 0.5) is 0 Å². The molecule has 0 N–H and O–H groups in total. The van der Waals surface area contributed by atoms with Gasteiger partial charge in [0, 0.05) is 37.9 Å². The van der Waals surface area contributed by atoms with Gasteiger partial charge in [-0.3, -0.25) is 0 Å². The maximum atomic E-state index is 6.15. The number of rotatable bonds is 4. The maximum absolute atomic E-state index is 6.15. The molecule has 6 aromatic rings. The van der Waals surface area contributed by atoms with Crippen LogP contribution in [0.3, 0.4) is 0 Å². The molecule has 0 amide bonds. The van der Waals surface area contributed by atoms with Crippen molar-refractivity contribution in [3.63, 3.8) is 0 Å². The third-order valence-electron chi connectivity index (χ3n) is 6.65. The van der Waals surface area contributed by atoms with Crippen LogP contribution >= 0.6 is 0 Å². The molecule has 199 valence electrons. The van der Waals surface area contributed by atoms with Gasteiger partial charge >= 0.3 is 0 Å². The molecule has 6 rings (SSSR count). The van der Waals surface area contributed by atoms with Gasteiger partial charge in [0.2, 0.25) is 0 Å². The number of aromatic nitrogens is 2. The second-order valence-corrected chi connectivity index (χ2v) is 15.9. The predicted molar refractivity (Wildman–Crippen MR) is 161 cm³/mol. The van der Waals surface area contributed by atoms with Crippen LogP contribution in [0.15, 0.2) is 102 Å². The Kier molecular flexibility index (Phi) is 8.96. The van der Waals surface area contributed by atoms with Gasteiger partial charge in [0.15, 0.2) is 0 Å². The molecule has 0 unspecified atom stereocenters. The Bertz CT molecular complexity index is 1670. The number of hydrogen-bond donors (Lipinski definition) is 0. The molecule has 0 fully saturated rings.